The fourth-order valence-electron chi connectivity index (χ4n) is 2.71. The van der Waals surface area contributed by atoms with Crippen LogP contribution in [-0.4, -0.2) is 14.8 Å². The van der Waals surface area contributed by atoms with E-state index in [1.54, 1.807) is 0 Å². The topological polar surface area (TPSA) is 47.8 Å². The van der Waals surface area contributed by atoms with Gasteiger partial charge in [0.05, 0.1) is 16.3 Å². The molecule has 0 saturated carbocycles. The summed E-state index contributed by atoms with van der Waals surface area (Å²) in [7, 11) is 0. The van der Waals surface area contributed by atoms with Crippen molar-refractivity contribution in [1.82, 2.24) is 14.8 Å². The van der Waals surface area contributed by atoms with Crippen LogP contribution in [0.15, 0.2) is 65.5 Å². The summed E-state index contributed by atoms with van der Waals surface area (Å²) >= 11 is 1.52. The minimum absolute atomic E-state index is 0.141. The predicted molar refractivity (Wildman–Crippen MR) is 97.4 cm³/mol. The summed E-state index contributed by atoms with van der Waals surface area (Å²) in [5, 5.41) is 5.53. The van der Waals surface area contributed by atoms with E-state index in [1.807, 2.05) is 67.6 Å². The van der Waals surface area contributed by atoms with Crippen molar-refractivity contribution in [2.45, 2.75) is 13.5 Å². The fraction of sp³-hybridized carbons (Fsp3) is 0.105. The van der Waals surface area contributed by atoms with E-state index in [9.17, 15) is 4.79 Å². The molecule has 0 atom stereocenters. The molecule has 0 fully saturated rings. The van der Waals surface area contributed by atoms with Crippen LogP contribution in [0.25, 0.3) is 21.5 Å². The molecular formula is C19H15N3OS. The molecule has 0 aliphatic heterocycles. The molecule has 4 nitrogen and oxygen atoms in total. The lowest BCUT2D eigenvalue weighted by Crippen LogP contribution is -2.24. The van der Waals surface area contributed by atoms with Crippen molar-refractivity contribution >= 4 is 21.6 Å². The molecule has 4 rings (SSSR count). The summed E-state index contributed by atoms with van der Waals surface area (Å²) in [5.74, 6) is 0. The van der Waals surface area contributed by atoms with Gasteiger partial charge in [0.15, 0.2) is 5.52 Å². The summed E-state index contributed by atoms with van der Waals surface area (Å²) in [6.07, 6.45) is 0. The number of aromatic nitrogens is 3. The molecule has 118 valence electrons. The van der Waals surface area contributed by atoms with Crippen LogP contribution in [0.5, 0.6) is 0 Å². The third kappa shape index (κ3) is 2.63. The van der Waals surface area contributed by atoms with E-state index >= 15 is 0 Å². The number of hydrogen-bond donors (Lipinski definition) is 0. The van der Waals surface area contributed by atoms with Gasteiger partial charge < -0.3 is 0 Å². The maximum atomic E-state index is 12.8. The third-order valence-electron chi connectivity index (χ3n) is 3.83. The Morgan fingerprint density at radius 3 is 2.38 bits per heavy atom. The van der Waals surface area contributed by atoms with Crippen LogP contribution in [0, 0.1) is 6.92 Å². The lowest BCUT2D eigenvalue weighted by molar-refractivity contribution is 0.650. The van der Waals surface area contributed by atoms with Crippen LogP contribution in [0.3, 0.4) is 0 Å². The number of aryl methyl sites for hydroxylation is 1. The molecule has 0 saturated heterocycles. The highest BCUT2D eigenvalue weighted by Gasteiger charge is 2.16. The fourth-order valence-corrected chi connectivity index (χ4v) is 3.63. The molecule has 2 aromatic heterocycles. The number of nitrogens with zero attached hydrogens (tertiary/aromatic N) is 3. The summed E-state index contributed by atoms with van der Waals surface area (Å²) in [4.78, 5) is 17.2. The van der Waals surface area contributed by atoms with Gasteiger partial charge in [0, 0.05) is 5.56 Å². The van der Waals surface area contributed by atoms with E-state index in [4.69, 9.17) is 0 Å². The van der Waals surface area contributed by atoms with Crippen molar-refractivity contribution in [1.29, 1.82) is 0 Å². The number of hydrogen-bond acceptors (Lipinski definition) is 4. The highest BCUT2D eigenvalue weighted by Crippen LogP contribution is 2.29. The van der Waals surface area contributed by atoms with Crippen LogP contribution in [0.4, 0.5) is 0 Å². The molecule has 0 unspecified atom stereocenters. The summed E-state index contributed by atoms with van der Waals surface area (Å²) < 4.78 is 2.37. The maximum Gasteiger partial charge on any atom is 0.294 e. The van der Waals surface area contributed by atoms with Crippen LogP contribution in [-0.2, 0) is 6.54 Å². The third-order valence-corrected chi connectivity index (χ3v) is 4.81. The largest absolute Gasteiger partial charge is 0.294 e. The van der Waals surface area contributed by atoms with Crippen LogP contribution in [0.2, 0.25) is 0 Å². The zero-order valence-electron chi connectivity index (χ0n) is 13.1. The molecule has 0 aliphatic rings. The van der Waals surface area contributed by atoms with E-state index in [-0.39, 0.29) is 5.56 Å². The Labute approximate surface area is 143 Å². The average Bonchev–Trinajstić information content (AvgIpc) is 3.01. The van der Waals surface area contributed by atoms with E-state index in [0.29, 0.717) is 12.1 Å². The highest BCUT2D eigenvalue weighted by molar-refractivity contribution is 7.19. The van der Waals surface area contributed by atoms with Gasteiger partial charge in [0.1, 0.15) is 5.69 Å². The van der Waals surface area contributed by atoms with E-state index in [1.165, 1.54) is 16.0 Å². The smallest absolute Gasteiger partial charge is 0.265 e. The Morgan fingerprint density at radius 1 is 1.00 bits per heavy atom. The second kappa shape index (κ2) is 6.02. The lowest BCUT2D eigenvalue weighted by Gasteiger charge is -2.08. The van der Waals surface area contributed by atoms with Gasteiger partial charge in [-0.1, -0.05) is 60.7 Å². The number of fused-ring (bicyclic) bond motifs is 1. The first kappa shape index (κ1) is 14.8. The highest BCUT2D eigenvalue weighted by atomic mass is 32.1. The van der Waals surface area contributed by atoms with Crippen molar-refractivity contribution in [3.63, 3.8) is 0 Å². The Morgan fingerprint density at radius 2 is 1.67 bits per heavy atom. The summed E-state index contributed by atoms with van der Waals surface area (Å²) in [6.45, 7) is 2.35. The van der Waals surface area contributed by atoms with Gasteiger partial charge in [-0.2, -0.15) is 5.10 Å². The Balaban J connectivity index is 1.95. The van der Waals surface area contributed by atoms with Crippen molar-refractivity contribution in [3.8, 4) is 11.3 Å². The molecule has 0 bridgehead atoms. The van der Waals surface area contributed by atoms with Gasteiger partial charge in [-0.3, -0.25) is 4.79 Å². The molecule has 2 aromatic carbocycles. The van der Waals surface area contributed by atoms with E-state index in [2.05, 4.69) is 10.1 Å². The second-order valence-corrected chi connectivity index (χ2v) is 6.78. The minimum atomic E-state index is -0.141. The van der Waals surface area contributed by atoms with Crippen LogP contribution < -0.4 is 5.56 Å². The molecule has 0 N–H and O–H groups in total. The molecule has 2 heterocycles. The first-order valence-corrected chi connectivity index (χ1v) is 8.51. The molecule has 0 aliphatic carbocycles. The van der Waals surface area contributed by atoms with Crippen molar-refractivity contribution in [2.75, 3.05) is 0 Å². The van der Waals surface area contributed by atoms with Gasteiger partial charge in [-0.05, 0) is 12.5 Å². The quantitative estimate of drug-likeness (QED) is 0.572. The molecule has 0 spiro atoms. The average molecular weight is 333 g/mol. The zero-order valence-corrected chi connectivity index (χ0v) is 14.0. The normalized spacial score (nSPS) is 11.0. The predicted octanol–water partition coefficient (Wildman–Crippen LogP) is 3.88. The number of thiazole rings is 1. The van der Waals surface area contributed by atoms with Gasteiger partial charge in [-0.15, -0.1) is 11.3 Å². The monoisotopic (exact) mass is 333 g/mol. The van der Waals surface area contributed by atoms with E-state index in [0.717, 1.165) is 26.5 Å². The Kier molecular flexibility index (Phi) is 3.70. The maximum absolute atomic E-state index is 12.8. The zero-order chi connectivity index (χ0) is 16.5. The first-order valence-electron chi connectivity index (χ1n) is 7.70. The first-order chi connectivity index (χ1) is 11.7. The summed E-state index contributed by atoms with van der Waals surface area (Å²) in [6, 6.07) is 19.8. The SMILES string of the molecule is Cc1nc2c(=O)n(Cc3ccccc3)nc(-c3ccccc3)c2s1. The van der Waals surface area contributed by atoms with Crippen molar-refractivity contribution < 1.29 is 0 Å². The molecule has 0 amide bonds. The van der Waals surface area contributed by atoms with Crippen LogP contribution >= 0.6 is 11.3 Å². The molecule has 24 heavy (non-hydrogen) atoms. The standard InChI is InChI=1S/C19H15N3OS/c1-13-20-17-18(24-13)16(15-10-6-3-7-11-15)21-22(19(17)23)12-14-8-4-2-5-9-14/h2-11H,12H2,1H3. The van der Waals surface area contributed by atoms with Gasteiger partial charge >= 0.3 is 0 Å². The van der Waals surface area contributed by atoms with Crippen LogP contribution in [0.1, 0.15) is 10.6 Å². The Hall–Kier alpha value is -2.79. The van der Waals surface area contributed by atoms with Crippen molar-refractivity contribution in [3.05, 3.63) is 81.6 Å². The Bertz CT molecular complexity index is 1050. The molecule has 0 radical (unpaired) electrons. The van der Waals surface area contributed by atoms with Gasteiger partial charge in [0.2, 0.25) is 0 Å². The molecular weight excluding hydrogens is 318 g/mol. The van der Waals surface area contributed by atoms with Gasteiger partial charge in [0.25, 0.3) is 5.56 Å². The molecule has 4 aromatic rings. The number of rotatable bonds is 3. The second-order valence-electron chi connectivity index (χ2n) is 5.57. The van der Waals surface area contributed by atoms with Crippen molar-refractivity contribution in [2.24, 2.45) is 0 Å². The number of benzene rings is 2. The lowest BCUT2D eigenvalue weighted by atomic mass is 10.1. The van der Waals surface area contributed by atoms with Gasteiger partial charge in [-0.25, -0.2) is 9.67 Å². The molecule has 5 heteroatoms. The van der Waals surface area contributed by atoms with E-state index < -0.39 is 0 Å². The minimum Gasteiger partial charge on any atom is -0.265 e. The summed E-state index contributed by atoms with van der Waals surface area (Å²) in [5.41, 5.74) is 3.21.